The second-order valence-electron chi connectivity index (χ2n) is 24.0. The van der Waals surface area contributed by atoms with Crippen molar-refractivity contribution in [1.82, 2.24) is 0 Å². The summed E-state index contributed by atoms with van der Waals surface area (Å²) in [4.78, 5) is 40.8. The van der Waals surface area contributed by atoms with Gasteiger partial charge in [-0.2, -0.15) is 0 Å². The standard InChI is InChI=1S/C55H102O10Si3/c1-19-22-26-33-44(60-42-43-31-29-25-30-32-43)36-48(64-67(15,16)54(7,8)9)40-51(58)62-46(35-28-24-21-3)38-49(65-68(17,18)55(10,11)12)41-52(59)61-45(34-27-23-20-2)37-47(39-50(56)57)63-66(13,14)53(4,5)6/h25-26,29-33,44-49H,19-24,27-28,34-42H2,1-18H3,(H,56,57)/b33-26-/t44-,45-,46-,47-,48-,49-/m1/s1. The van der Waals surface area contributed by atoms with E-state index in [-0.39, 0.29) is 46.5 Å². The molecule has 0 amide bonds. The van der Waals surface area contributed by atoms with Gasteiger partial charge in [-0.15, -0.1) is 0 Å². The molecule has 0 saturated heterocycles. The van der Waals surface area contributed by atoms with Crippen LogP contribution in [0.25, 0.3) is 0 Å². The summed E-state index contributed by atoms with van der Waals surface area (Å²) in [6.45, 7) is 39.5. The van der Waals surface area contributed by atoms with Crippen LogP contribution in [0, 0.1) is 0 Å². The summed E-state index contributed by atoms with van der Waals surface area (Å²) in [6, 6.07) is 10.1. The minimum Gasteiger partial charge on any atom is -0.481 e. The number of aliphatic carboxylic acids is 1. The van der Waals surface area contributed by atoms with Gasteiger partial charge in [-0.25, -0.2) is 0 Å². The van der Waals surface area contributed by atoms with Crippen LogP contribution in [0.15, 0.2) is 42.5 Å². The number of esters is 2. The van der Waals surface area contributed by atoms with E-state index >= 15 is 0 Å². The molecule has 0 aliphatic rings. The van der Waals surface area contributed by atoms with E-state index in [1.165, 1.54) is 0 Å². The summed E-state index contributed by atoms with van der Waals surface area (Å²) in [6.07, 6.45) is 11.4. The molecule has 0 heterocycles. The van der Waals surface area contributed by atoms with E-state index in [0.29, 0.717) is 38.7 Å². The van der Waals surface area contributed by atoms with Gasteiger partial charge in [-0.1, -0.05) is 158 Å². The maximum absolute atomic E-state index is 14.4. The Labute approximate surface area is 419 Å². The van der Waals surface area contributed by atoms with Crippen molar-refractivity contribution in [2.45, 2.75) is 283 Å². The molecule has 0 aromatic heterocycles. The number of rotatable bonds is 34. The van der Waals surface area contributed by atoms with Crippen molar-refractivity contribution in [1.29, 1.82) is 0 Å². The third-order valence-corrected chi connectivity index (χ3v) is 28.1. The molecular formula is C55H102O10Si3. The first-order valence-electron chi connectivity index (χ1n) is 26.3. The Morgan fingerprint density at radius 1 is 0.559 bits per heavy atom. The largest absolute Gasteiger partial charge is 0.481 e. The summed E-state index contributed by atoms with van der Waals surface area (Å²) in [5.41, 5.74) is 1.08. The van der Waals surface area contributed by atoms with Crippen molar-refractivity contribution >= 4 is 42.9 Å². The predicted octanol–water partition coefficient (Wildman–Crippen LogP) is 15.5. The van der Waals surface area contributed by atoms with Crippen LogP contribution in [0.5, 0.6) is 0 Å². The van der Waals surface area contributed by atoms with E-state index in [9.17, 15) is 19.5 Å². The van der Waals surface area contributed by atoms with Gasteiger partial charge >= 0.3 is 17.9 Å². The zero-order valence-corrected chi connectivity index (χ0v) is 49.6. The van der Waals surface area contributed by atoms with Crippen molar-refractivity contribution in [3.8, 4) is 0 Å². The first-order valence-corrected chi connectivity index (χ1v) is 35.0. The highest BCUT2D eigenvalue weighted by Crippen LogP contribution is 2.41. The Morgan fingerprint density at radius 3 is 1.32 bits per heavy atom. The highest BCUT2D eigenvalue weighted by atomic mass is 28.4. The van der Waals surface area contributed by atoms with Gasteiger partial charge in [0, 0.05) is 19.3 Å². The van der Waals surface area contributed by atoms with Gasteiger partial charge in [0.2, 0.25) is 0 Å². The molecule has 0 radical (unpaired) electrons. The van der Waals surface area contributed by atoms with Crippen molar-refractivity contribution < 1.29 is 47.0 Å². The number of hydrogen-bond acceptors (Lipinski definition) is 9. The molecule has 0 bridgehead atoms. The van der Waals surface area contributed by atoms with Crippen LogP contribution < -0.4 is 0 Å². The molecule has 1 aromatic carbocycles. The summed E-state index contributed by atoms with van der Waals surface area (Å²) in [5, 5.41) is 9.60. The molecule has 13 heteroatoms. The minimum absolute atomic E-state index is 0.00700. The summed E-state index contributed by atoms with van der Waals surface area (Å²) >= 11 is 0. The fraction of sp³-hybridized carbons (Fsp3) is 0.800. The summed E-state index contributed by atoms with van der Waals surface area (Å²) < 4.78 is 40.2. The summed E-state index contributed by atoms with van der Waals surface area (Å²) in [5.74, 6) is -1.65. The highest BCUT2D eigenvalue weighted by molar-refractivity contribution is 6.75. The fourth-order valence-electron chi connectivity index (χ4n) is 7.27. The molecule has 0 fully saturated rings. The topological polar surface area (TPSA) is 127 Å². The van der Waals surface area contributed by atoms with Crippen LogP contribution in [0.4, 0.5) is 0 Å². The lowest BCUT2D eigenvalue weighted by atomic mass is 10.0. The van der Waals surface area contributed by atoms with Gasteiger partial charge in [0.25, 0.3) is 0 Å². The van der Waals surface area contributed by atoms with E-state index in [2.05, 4.69) is 147 Å². The number of carboxylic acids is 1. The molecule has 6 atom stereocenters. The van der Waals surface area contributed by atoms with Crippen LogP contribution in [0.3, 0.4) is 0 Å². The van der Waals surface area contributed by atoms with Crippen LogP contribution in [-0.2, 0) is 48.5 Å². The van der Waals surface area contributed by atoms with Crippen LogP contribution in [0.2, 0.25) is 54.4 Å². The molecule has 1 N–H and O–H groups in total. The molecule has 68 heavy (non-hydrogen) atoms. The third-order valence-electron chi connectivity index (χ3n) is 14.5. The predicted molar refractivity (Wildman–Crippen MR) is 289 cm³/mol. The second kappa shape index (κ2) is 30.0. The third kappa shape index (κ3) is 25.3. The summed E-state index contributed by atoms with van der Waals surface area (Å²) in [7, 11) is -7.11. The average molecular weight is 1010 g/mol. The number of carbonyl (C=O) groups excluding carboxylic acids is 2. The van der Waals surface area contributed by atoms with Crippen molar-refractivity contribution in [2.24, 2.45) is 0 Å². The van der Waals surface area contributed by atoms with Crippen LogP contribution in [-0.4, -0.2) is 84.6 Å². The lowest BCUT2D eigenvalue weighted by Crippen LogP contribution is -2.46. The van der Waals surface area contributed by atoms with E-state index in [0.717, 1.165) is 56.9 Å². The zero-order chi connectivity index (χ0) is 52.0. The minimum atomic E-state index is -2.44. The van der Waals surface area contributed by atoms with Crippen molar-refractivity contribution in [3.05, 3.63) is 48.0 Å². The number of benzene rings is 1. The van der Waals surface area contributed by atoms with Crippen LogP contribution in [0.1, 0.15) is 191 Å². The number of allylic oxidation sites excluding steroid dienone is 1. The Bertz CT molecular complexity index is 1610. The molecule has 0 aliphatic heterocycles. The Morgan fingerprint density at radius 2 is 0.956 bits per heavy atom. The number of carboxylic acid groups (broad SMARTS) is 1. The molecule has 0 aliphatic carbocycles. The van der Waals surface area contributed by atoms with E-state index in [1.807, 2.05) is 18.2 Å². The number of ether oxygens (including phenoxy) is 3. The molecule has 10 nitrogen and oxygen atoms in total. The zero-order valence-electron chi connectivity index (χ0n) is 46.6. The first kappa shape index (κ1) is 63.9. The molecule has 0 spiro atoms. The quantitative estimate of drug-likeness (QED) is 0.0309. The van der Waals surface area contributed by atoms with Gasteiger partial charge in [0.05, 0.1) is 50.3 Å². The Balaban J connectivity index is 3.59. The lowest BCUT2D eigenvalue weighted by molar-refractivity contribution is -0.155. The monoisotopic (exact) mass is 1010 g/mol. The molecule has 0 unspecified atom stereocenters. The molecule has 1 aromatic rings. The van der Waals surface area contributed by atoms with E-state index in [4.69, 9.17) is 27.5 Å². The normalized spacial score (nSPS) is 16.0. The molecule has 0 saturated carbocycles. The number of unbranched alkanes of at least 4 members (excludes halogenated alkanes) is 5. The van der Waals surface area contributed by atoms with Gasteiger partial charge in [-0.05, 0) is 92.1 Å². The molecule has 1 rings (SSSR count). The number of carbonyl (C=O) groups is 3. The SMILES string of the molecule is CCC/C=C\[C@H](C[C@H](CC(=O)O[C@H](CCCCC)C[C@H](CC(=O)O[C@H](CCCCC)C[C@H](CC(=O)O)O[Si](C)(C)C(C)(C)C)O[Si](C)(C)C(C)(C)C)O[Si](C)(C)C(C)(C)C)OCc1ccccc1. The highest BCUT2D eigenvalue weighted by Gasteiger charge is 2.43. The fourth-order valence-corrected chi connectivity index (χ4v) is 11.4. The van der Waals surface area contributed by atoms with Crippen molar-refractivity contribution in [2.75, 3.05) is 0 Å². The van der Waals surface area contributed by atoms with E-state index < -0.39 is 67.4 Å². The molecular weight excluding hydrogens is 905 g/mol. The Hall–Kier alpha value is -2.14. The first-order chi connectivity index (χ1) is 31.4. The maximum Gasteiger partial charge on any atom is 0.308 e. The van der Waals surface area contributed by atoms with Gasteiger partial charge in [0.1, 0.15) is 12.2 Å². The van der Waals surface area contributed by atoms with Crippen molar-refractivity contribution in [3.63, 3.8) is 0 Å². The van der Waals surface area contributed by atoms with E-state index in [1.54, 1.807) is 0 Å². The number of hydrogen-bond donors (Lipinski definition) is 1. The Kier molecular flexibility index (Phi) is 28.2. The lowest BCUT2D eigenvalue weighted by Gasteiger charge is -2.40. The molecule has 394 valence electrons. The van der Waals surface area contributed by atoms with Gasteiger partial charge < -0.3 is 32.6 Å². The van der Waals surface area contributed by atoms with Crippen LogP contribution >= 0.6 is 0 Å². The smallest absolute Gasteiger partial charge is 0.308 e. The van der Waals surface area contributed by atoms with Gasteiger partial charge in [-0.3, -0.25) is 14.4 Å². The second-order valence-corrected chi connectivity index (χ2v) is 38.2. The average Bonchev–Trinajstić information content (AvgIpc) is 3.18. The van der Waals surface area contributed by atoms with Gasteiger partial charge in [0.15, 0.2) is 25.0 Å². The maximum atomic E-state index is 14.4.